The number of hydrogen-bond donors (Lipinski definition) is 0. The average molecular weight is 320 g/mol. The Balaban J connectivity index is 1.81. The predicted molar refractivity (Wildman–Crippen MR) is 79.6 cm³/mol. The second kappa shape index (κ2) is 5.88. The third kappa shape index (κ3) is 3.33. The third-order valence-electron chi connectivity index (χ3n) is 3.09. The molecule has 112 valence electrons. The molecule has 0 bridgehead atoms. The molecule has 3 aromatic rings. The predicted octanol–water partition coefficient (Wildman–Crippen LogP) is 4.81. The van der Waals surface area contributed by atoms with Crippen LogP contribution >= 0.6 is 11.3 Å². The lowest BCUT2D eigenvalue weighted by molar-refractivity contribution is -0.137. The van der Waals surface area contributed by atoms with Crippen molar-refractivity contribution in [3.05, 3.63) is 70.2 Å². The van der Waals surface area contributed by atoms with Crippen LogP contribution in [-0.4, -0.2) is 9.97 Å². The van der Waals surface area contributed by atoms with Gasteiger partial charge in [-0.1, -0.05) is 24.3 Å². The highest BCUT2D eigenvalue weighted by atomic mass is 32.1. The van der Waals surface area contributed by atoms with Crippen molar-refractivity contribution < 1.29 is 13.2 Å². The van der Waals surface area contributed by atoms with Crippen LogP contribution in [0.2, 0.25) is 0 Å². The highest BCUT2D eigenvalue weighted by Crippen LogP contribution is 2.30. The molecule has 0 unspecified atom stereocenters. The highest BCUT2D eigenvalue weighted by molar-refractivity contribution is 7.10. The molecule has 0 saturated heterocycles. The molecule has 0 spiro atoms. The van der Waals surface area contributed by atoms with Crippen molar-refractivity contribution in [3.63, 3.8) is 0 Å². The van der Waals surface area contributed by atoms with Gasteiger partial charge in [0.1, 0.15) is 0 Å². The molecule has 0 aliphatic carbocycles. The maximum atomic E-state index is 12.7. The lowest BCUT2D eigenvalue weighted by Gasteiger charge is -2.07. The lowest BCUT2D eigenvalue weighted by atomic mass is 10.1. The summed E-state index contributed by atoms with van der Waals surface area (Å²) in [6, 6.07) is 10.9. The van der Waals surface area contributed by atoms with Crippen LogP contribution in [0.15, 0.2) is 54.0 Å². The van der Waals surface area contributed by atoms with Gasteiger partial charge in [-0.2, -0.15) is 13.2 Å². The average Bonchev–Trinajstić information content (AvgIpc) is 2.96. The number of hydrogen-bond acceptors (Lipinski definition) is 3. The van der Waals surface area contributed by atoms with Crippen LogP contribution in [0.4, 0.5) is 13.2 Å². The number of thiazole rings is 1. The molecule has 0 N–H and O–H groups in total. The summed E-state index contributed by atoms with van der Waals surface area (Å²) < 4.78 is 38.1. The Morgan fingerprint density at radius 1 is 1.00 bits per heavy atom. The molecule has 0 saturated carbocycles. The summed E-state index contributed by atoms with van der Waals surface area (Å²) in [4.78, 5) is 8.65. The van der Waals surface area contributed by atoms with Gasteiger partial charge in [-0.15, -0.1) is 11.3 Å². The van der Waals surface area contributed by atoms with Gasteiger partial charge in [-0.3, -0.25) is 4.98 Å². The molecular weight excluding hydrogens is 309 g/mol. The zero-order valence-corrected chi connectivity index (χ0v) is 12.2. The van der Waals surface area contributed by atoms with Crippen LogP contribution in [0, 0.1) is 0 Å². The Labute approximate surface area is 129 Å². The molecule has 2 heterocycles. The third-order valence-corrected chi connectivity index (χ3v) is 3.94. The number of aromatic nitrogens is 2. The van der Waals surface area contributed by atoms with Gasteiger partial charge in [-0.25, -0.2) is 4.98 Å². The molecular formula is C16H11F3N2S. The smallest absolute Gasteiger partial charge is 0.255 e. The molecule has 6 heteroatoms. The van der Waals surface area contributed by atoms with Gasteiger partial charge >= 0.3 is 6.18 Å². The second-order valence-electron chi connectivity index (χ2n) is 4.72. The largest absolute Gasteiger partial charge is 0.416 e. The normalized spacial score (nSPS) is 11.6. The summed E-state index contributed by atoms with van der Waals surface area (Å²) in [5.74, 6) is 0. The summed E-state index contributed by atoms with van der Waals surface area (Å²) in [5.41, 5.74) is 1.46. The van der Waals surface area contributed by atoms with E-state index >= 15 is 0 Å². The van der Waals surface area contributed by atoms with E-state index in [1.165, 1.54) is 23.5 Å². The first kappa shape index (κ1) is 14.7. The molecule has 0 fully saturated rings. The molecule has 0 aliphatic rings. The van der Waals surface area contributed by atoms with Gasteiger partial charge in [0.2, 0.25) is 0 Å². The first-order chi connectivity index (χ1) is 10.5. The van der Waals surface area contributed by atoms with E-state index in [1.807, 2.05) is 23.6 Å². The zero-order chi connectivity index (χ0) is 15.6. The summed E-state index contributed by atoms with van der Waals surface area (Å²) in [5, 5.41) is 2.63. The van der Waals surface area contributed by atoms with Crippen molar-refractivity contribution in [2.45, 2.75) is 12.6 Å². The first-order valence-corrected chi connectivity index (χ1v) is 7.42. The van der Waals surface area contributed by atoms with Gasteiger partial charge in [0.15, 0.2) is 0 Å². The monoisotopic (exact) mass is 320 g/mol. The van der Waals surface area contributed by atoms with Gasteiger partial charge in [-0.05, 0) is 23.8 Å². The van der Waals surface area contributed by atoms with Crippen LogP contribution < -0.4 is 0 Å². The van der Waals surface area contributed by atoms with Gasteiger partial charge in [0, 0.05) is 18.0 Å². The lowest BCUT2D eigenvalue weighted by Crippen LogP contribution is -2.05. The van der Waals surface area contributed by atoms with E-state index in [9.17, 15) is 13.2 Å². The Morgan fingerprint density at radius 3 is 2.59 bits per heavy atom. The molecule has 1 aromatic carbocycles. The number of nitrogens with zero attached hydrogens (tertiary/aromatic N) is 2. The number of rotatable bonds is 3. The molecule has 0 aliphatic heterocycles. The van der Waals surface area contributed by atoms with Crippen molar-refractivity contribution in [3.8, 4) is 11.4 Å². The standard InChI is InChI=1S/C16H11F3N2S/c17-16(18,19)12-5-3-4-11(8-12)9-15-21-14(10-22-15)13-6-1-2-7-20-13/h1-8,10H,9H2. The Kier molecular flexibility index (Phi) is 3.94. The minimum absolute atomic E-state index is 0.376. The summed E-state index contributed by atoms with van der Waals surface area (Å²) in [6.07, 6.45) is -2.26. The Morgan fingerprint density at radius 2 is 1.86 bits per heavy atom. The van der Waals surface area contributed by atoms with Crippen LogP contribution in [0.5, 0.6) is 0 Å². The topological polar surface area (TPSA) is 25.8 Å². The molecule has 2 nitrogen and oxygen atoms in total. The van der Waals surface area contributed by atoms with Crippen LogP contribution in [-0.2, 0) is 12.6 Å². The maximum absolute atomic E-state index is 12.7. The van der Waals surface area contributed by atoms with Gasteiger partial charge < -0.3 is 0 Å². The van der Waals surface area contributed by atoms with Crippen molar-refractivity contribution in [2.24, 2.45) is 0 Å². The van der Waals surface area contributed by atoms with E-state index in [4.69, 9.17) is 0 Å². The van der Waals surface area contributed by atoms with Crippen LogP contribution in [0.1, 0.15) is 16.1 Å². The van der Waals surface area contributed by atoms with Gasteiger partial charge in [0.05, 0.1) is 22.0 Å². The fourth-order valence-corrected chi connectivity index (χ4v) is 2.88. The summed E-state index contributed by atoms with van der Waals surface area (Å²) in [7, 11) is 0. The first-order valence-electron chi connectivity index (χ1n) is 6.54. The SMILES string of the molecule is FC(F)(F)c1cccc(Cc2nc(-c3ccccn3)cs2)c1. The fraction of sp³-hybridized carbons (Fsp3) is 0.125. The highest BCUT2D eigenvalue weighted by Gasteiger charge is 2.30. The fourth-order valence-electron chi connectivity index (χ4n) is 2.06. The summed E-state index contributed by atoms with van der Waals surface area (Å²) >= 11 is 1.42. The van der Waals surface area contributed by atoms with Gasteiger partial charge in [0.25, 0.3) is 0 Å². The van der Waals surface area contributed by atoms with E-state index in [2.05, 4.69) is 9.97 Å². The molecule has 0 radical (unpaired) electrons. The van der Waals surface area contributed by atoms with E-state index in [1.54, 1.807) is 12.3 Å². The van der Waals surface area contributed by atoms with Crippen molar-refractivity contribution in [2.75, 3.05) is 0 Å². The van der Waals surface area contributed by atoms with Crippen LogP contribution in [0.25, 0.3) is 11.4 Å². The molecule has 3 rings (SSSR count). The molecule has 2 aromatic heterocycles. The Bertz CT molecular complexity index is 766. The Hall–Kier alpha value is -2.21. The zero-order valence-electron chi connectivity index (χ0n) is 11.3. The minimum Gasteiger partial charge on any atom is -0.255 e. The molecule has 0 atom stereocenters. The molecule has 22 heavy (non-hydrogen) atoms. The maximum Gasteiger partial charge on any atom is 0.416 e. The van der Waals surface area contributed by atoms with E-state index in [0.29, 0.717) is 12.0 Å². The van der Waals surface area contributed by atoms with Crippen molar-refractivity contribution >= 4 is 11.3 Å². The van der Waals surface area contributed by atoms with Crippen LogP contribution in [0.3, 0.4) is 0 Å². The van der Waals surface area contributed by atoms with Crippen molar-refractivity contribution in [1.82, 2.24) is 9.97 Å². The number of halogens is 3. The minimum atomic E-state index is -4.32. The van der Waals surface area contributed by atoms with E-state index < -0.39 is 11.7 Å². The van der Waals surface area contributed by atoms with Crippen molar-refractivity contribution in [1.29, 1.82) is 0 Å². The molecule has 0 amide bonds. The number of pyridine rings is 1. The van der Waals surface area contributed by atoms with E-state index in [-0.39, 0.29) is 0 Å². The quantitative estimate of drug-likeness (QED) is 0.692. The summed E-state index contributed by atoms with van der Waals surface area (Å²) in [6.45, 7) is 0. The second-order valence-corrected chi connectivity index (χ2v) is 5.66. The van der Waals surface area contributed by atoms with E-state index in [0.717, 1.165) is 22.5 Å². The number of alkyl halides is 3. The number of benzene rings is 1.